The molecule has 0 radical (unpaired) electrons. The average molecular weight is 339 g/mol. The zero-order chi connectivity index (χ0) is 16.9. The van der Waals surface area contributed by atoms with E-state index >= 15 is 0 Å². The highest BCUT2D eigenvalue weighted by molar-refractivity contribution is 6.33. The average Bonchev–Trinajstić information content (AvgIpc) is 2.41. The molecule has 0 atom stereocenters. The molecule has 2 N–H and O–H groups in total. The standard InChI is InChI=1S/C11H9ClF3N3O4/c12-6-3-5(11(13,14)15)4-17-9(6)10(16)18-22-8(21)2-1-7(19)20/h3-4H,1-2H2,(H2,16,18)(H,19,20)/p-1. The molecule has 0 unspecified atom stereocenters. The van der Waals surface area contributed by atoms with Crippen molar-refractivity contribution in [1.29, 1.82) is 0 Å². The number of hydrogen-bond acceptors (Lipinski definition) is 6. The van der Waals surface area contributed by atoms with E-state index in [0.717, 1.165) is 0 Å². The fraction of sp³-hybridized carbons (Fsp3) is 0.273. The smallest absolute Gasteiger partial charge is 0.417 e. The molecule has 0 bridgehead atoms. The number of carbonyl (C=O) groups is 2. The molecule has 1 aromatic heterocycles. The minimum absolute atomic E-state index is 0.317. The summed E-state index contributed by atoms with van der Waals surface area (Å²) in [6.45, 7) is 0. The number of pyridine rings is 1. The number of hydrogen-bond donors (Lipinski definition) is 1. The summed E-state index contributed by atoms with van der Waals surface area (Å²) in [6, 6.07) is 0.587. The first-order valence-electron chi connectivity index (χ1n) is 5.57. The van der Waals surface area contributed by atoms with Crippen LogP contribution in [0.5, 0.6) is 0 Å². The number of nitrogens with zero attached hydrogens (tertiary/aromatic N) is 2. The lowest BCUT2D eigenvalue weighted by Crippen LogP contribution is -2.23. The first-order chi connectivity index (χ1) is 10.1. The summed E-state index contributed by atoms with van der Waals surface area (Å²) in [7, 11) is 0. The highest BCUT2D eigenvalue weighted by atomic mass is 35.5. The molecule has 0 fully saturated rings. The number of aromatic nitrogens is 1. The van der Waals surface area contributed by atoms with E-state index in [1.807, 2.05) is 0 Å². The van der Waals surface area contributed by atoms with Gasteiger partial charge < -0.3 is 20.5 Å². The van der Waals surface area contributed by atoms with Crippen LogP contribution >= 0.6 is 11.6 Å². The minimum atomic E-state index is -4.63. The summed E-state index contributed by atoms with van der Waals surface area (Å²) in [6.07, 6.45) is -5.22. The Labute approximate surface area is 126 Å². The quantitative estimate of drug-likeness (QED) is 0.360. The van der Waals surface area contributed by atoms with Crippen LogP contribution in [0.4, 0.5) is 13.2 Å². The molecule has 0 aromatic carbocycles. The summed E-state index contributed by atoms with van der Waals surface area (Å²) in [5, 5.41) is 12.8. The summed E-state index contributed by atoms with van der Waals surface area (Å²) in [4.78, 5) is 28.9. The predicted octanol–water partition coefficient (Wildman–Crippen LogP) is 0.447. The van der Waals surface area contributed by atoms with Gasteiger partial charge in [0.05, 0.1) is 17.0 Å². The van der Waals surface area contributed by atoms with Crippen molar-refractivity contribution in [2.75, 3.05) is 0 Å². The zero-order valence-electron chi connectivity index (χ0n) is 10.7. The number of oxime groups is 1. The van der Waals surface area contributed by atoms with Gasteiger partial charge in [0.1, 0.15) is 5.69 Å². The van der Waals surface area contributed by atoms with Crippen LogP contribution in [0, 0.1) is 0 Å². The van der Waals surface area contributed by atoms with Gasteiger partial charge in [0.15, 0.2) is 5.84 Å². The van der Waals surface area contributed by atoms with Crippen molar-refractivity contribution in [2.45, 2.75) is 19.0 Å². The summed E-state index contributed by atoms with van der Waals surface area (Å²) in [5.74, 6) is -3.02. The van der Waals surface area contributed by atoms with Crippen LogP contribution < -0.4 is 10.8 Å². The molecule has 11 heteroatoms. The van der Waals surface area contributed by atoms with Crippen molar-refractivity contribution in [3.8, 4) is 0 Å². The maximum absolute atomic E-state index is 12.4. The molecule has 120 valence electrons. The van der Waals surface area contributed by atoms with Crippen molar-refractivity contribution < 1.29 is 32.7 Å². The SMILES string of the molecule is N/C(=N/OC(=O)CCC(=O)[O-])c1ncc(C(F)(F)F)cc1Cl. The largest absolute Gasteiger partial charge is 0.550 e. The van der Waals surface area contributed by atoms with E-state index in [2.05, 4.69) is 15.0 Å². The van der Waals surface area contributed by atoms with E-state index in [4.69, 9.17) is 17.3 Å². The van der Waals surface area contributed by atoms with Crippen LogP contribution in [-0.2, 0) is 20.6 Å². The molecule has 7 nitrogen and oxygen atoms in total. The molecule has 22 heavy (non-hydrogen) atoms. The summed E-state index contributed by atoms with van der Waals surface area (Å²) < 4.78 is 37.3. The number of nitrogens with two attached hydrogens (primary N) is 1. The molecule has 1 aromatic rings. The van der Waals surface area contributed by atoms with Gasteiger partial charge in [0, 0.05) is 12.2 Å². The van der Waals surface area contributed by atoms with Crippen molar-refractivity contribution in [2.24, 2.45) is 10.9 Å². The van der Waals surface area contributed by atoms with Gasteiger partial charge in [0.2, 0.25) is 0 Å². The van der Waals surface area contributed by atoms with E-state index in [1.165, 1.54) is 0 Å². The normalized spacial score (nSPS) is 12.1. The maximum atomic E-state index is 12.4. The second-order valence-corrected chi connectivity index (χ2v) is 4.27. The minimum Gasteiger partial charge on any atom is -0.550 e. The van der Waals surface area contributed by atoms with Gasteiger partial charge in [0.25, 0.3) is 0 Å². The van der Waals surface area contributed by atoms with Crippen LogP contribution in [0.15, 0.2) is 17.4 Å². The fourth-order valence-electron chi connectivity index (χ4n) is 1.17. The topological polar surface area (TPSA) is 118 Å². The summed E-state index contributed by atoms with van der Waals surface area (Å²) >= 11 is 5.60. The van der Waals surface area contributed by atoms with E-state index in [9.17, 15) is 27.9 Å². The third kappa shape index (κ3) is 5.20. The molecule has 0 aliphatic rings. The fourth-order valence-corrected chi connectivity index (χ4v) is 1.44. The molecule has 0 aliphatic heterocycles. The molecule has 0 aliphatic carbocycles. The Morgan fingerprint density at radius 2 is 2.05 bits per heavy atom. The van der Waals surface area contributed by atoms with E-state index in [0.29, 0.717) is 12.3 Å². The Kier molecular flexibility index (Phi) is 5.69. The van der Waals surface area contributed by atoms with Crippen molar-refractivity contribution in [1.82, 2.24) is 4.98 Å². The van der Waals surface area contributed by atoms with Gasteiger partial charge in [-0.1, -0.05) is 16.8 Å². The number of rotatable bonds is 5. The van der Waals surface area contributed by atoms with Crippen LogP contribution in [0.3, 0.4) is 0 Å². The Bertz CT molecular complexity index is 619. The predicted molar refractivity (Wildman–Crippen MR) is 65.3 cm³/mol. The van der Waals surface area contributed by atoms with E-state index < -0.39 is 47.4 Å². The highest BCUT2D eigenvalue weighted by Gasteiger charge is 2.31. The lowest BCUT2D eigenvalue weighted by Gasteiger charge is -2.08. The number of carboxylic acids is 1. The van der Waals surface area contributed by atoms with Crippen molar-refractivity contribution >= 4 is 29.4 Å². The van der Waals surface area contributed by atoms with Crippen molar-refractivity contribution in [3.63, 3.8) is 0 Å². The molecular formula is C11H8ClF3N3O4-. The van der Waals surface area contributed by atoms with Gasteiger partial charge >= 0.3 is 12.1 Å². The molecule has 0 saturated carbocycles. The Morgan fingerprint density at radius 3 is 2.55 bits per heavy atom. The lowest BCUT2D eigenvalue weighted by atomic mass is 10.2. The molecule has 0 saturated heterocycles. The number of halogens is 4. The molecule has 0 spiro atoms. The van der Waals surface area contributed by atoms with E-state index in [1.54, 1.807) is 0 Å². The summed E-state index contributed by atoms with van der Waals surface area (Å²) in [5.41, 5.74) is 3.97. The number of amidine groups is 1. The third-order valence-electron chi connectivity index (χ3n) is 2.19. The van der Waals surface area contributed by atoms with Crippen LogP contribution in [-0.4, -0.2) is 22.8 Å². The van der Waals surface area contributed by atoms with E-state index in [-0.39, 0.29) is 5.69 Å². The molecule has 1 rings (SSSR count). The Balaban J connectivity index is 2.81. The molecular weight excluding hydrogens is 331 g/mol. The number of alkyl halides is 3. The van der Waals surface area contributed by atoms with Gasteiger partial charge in [-0.25, -0.2) is 4.79 Å². The number of carbonyl (C=O) groups excluding carboxylic acids is 2. The second kappa shape index (κ2) is 7.07. The molecule has 1 heterocycles. The molecule has 0 amide bonds. The van der Waals surface area contributed by atoms with Gasteiger partial charge in [-0.3, -0.25) is 4.98 Å². The Hall–Kier alpha value is -2.36. The monoisotopic (exact) mass is 338 g/mol. The van der Waals surface area contributed by atoms with Crippen LogP contribution in [0.2, 0.25) is 5.02 Å². The first-order valence-corrected chi connectivity index (χ1v) is 5.95. The lowest BCUT2D eigenvalue weighted by molar-refractivity contribution is -0.305. The number of aliphatic carboxylic acids is 1. The van der Waals surface area contributed by atoms with Crippen LogP contribution in [0.1, 0.15) is 24.1 Å². The van der Waals surface area contributed by atoms with Gasteiger partial charge in [-0.05, 0) is 12.5 Å². The Morgan fingerprint density at radius 1 is 1.41 bits per heavy atom. The zero-order valence-corrected chi connectivity index (χ0v) is 11.4. The second-order valence-electron chi connectivity index (χ2n) is 3.86. The van der Waals surface area contributed by atoms with Gasteiger partial charge in [-0.15, -0.1) is 0 Å². The number of carboxylic acid groups (broad SMARTS) is 1. The van der Waals surface area contributed by atoms with Gasteiger partial charge in [-0.2, -0.15) is 13.2 Å². The highest BCUT2D eigenvalue weighted by Crippen LogP contribution is 2.30. The maximum Gasteiger partial charge on any atom is 0.417 e. The van der Waals surface area contributed by atoms with Crippen molar-refractivity contribution in [3.05, 3.63) is 28.5 Å². The first kappa shape index (κ1) is 17.7. The third-order valence-corrected chi connectivity index (χ3v) is 2.48. The van der Waals surface area contributed by atoms with Crippen LogP contribution in [0.25, 0.3) is 0 Å².